The third-order valence-electron chi connectivity index (χ3n) is 4.44. The molecular weight excluding hydrogens is 339 g/mol. The van der Waals surface area contributed by atoms with E-state index in [0.717, 1.165) is 24.7 Å². The van der Waals surface area contributed by atoms with Gasteiger partial charge in [-0.2, -0.15) is 0 Å². The fourth-order valence-corrected chi connectivity index (χ4v) is 3.25. The van der Waals surface area contributed by atoms with Crippen molar-refractivity contribution in [2.24, 2.45) is 0 Å². The number of rotatable bonds is 4. The Morgan fingerprint density at radius 3 is 2.64 bits per heavy atom. The van der Waals surface area contributed by atoms with Gasteiger partial charge in [0.25, 0.3) is 0 Å². The van der Waals surface area contributed by atoms with Gasteiger partial charge in [-0.15, -0.1) is 0 Å². The maximum Gasteiger partial charge on any atom is 0.246 e. The van der Waals surface area contributed by atoms with Crippen molar-refractivity contribution in [2.45, 2.75) is 6.54 Å². The van der Waals surface area contributed by atoms with E-state index < -0.39 is 0 Å². The zero-order valence-corrected chi connectivity index (χ0v) is 14.7. The van der Waals surface area contributed by atoms with Crippen LogP contribution in [0.3, 0.4) is 0 Å². The largest absolute Gasteiger partial charge is 0.328 e. The Bertz CT molecular complexity index is 770. The third-order valence-corrected chi connectivity index (χ3v) is 4.67. The highest BCUT2D eigenvalue weighted by Crippen LogP contribution is 2.10. The Morgan fingerprint density at radius 1 is 1.16 bits per heavy atom. The molecule has 1 aliphatic rings. The molecule has 25 heavy (non-hydrogen) atoms. The Balaban J connectivity index is 1.51. The molecular formula is C20H21ClFN2O+. The van der Waals surface area contributed by atoms with Gasteiger partial charge < -0.3 is 9.80 Å². The summed E-state index contributed by atoms with van der Waals surface area (Å²) in [7, 11) is 0. The van der Waals surface area contributed by atoms with E-state index in [-0.39, 0.29) is 11.7 Å². The van der Waals surface area contributed by atoms with E-state index in [0.29, 0.717) is 18.7 Å². The number of benzene rings is 2. The van der Waals surface area contributed by atoms with E-state index in [4.69, 9.17) is 11.6 Å². The molecule has 1 N–H and O–H groups in total. The van der Waals surface area contributed by atoms with Crippen molar-refractivity contribution < 1.29 is 14.1 Å². The molecule has 0 saturated carbocycles. The first-order valence-electron chi connectivity index (χ1n) is 8.41. The van der Waals surface area contributed by atoms with Crippen LogP contribution in [-0.4, -0.2) is 37.0 Å². The molecule has 1 saturated heterocycles. The van der Waals surface area contributed by atoms with Gasteiger partial charge in [0.15, 0.2) is 0 Å². The highest BCUT2D eigenvalue weighted by molar-refractivity contribution is 6.30. The minimum absolute atomic E-state index is 0.0648. The summed E-state index contributed by atoms with van der Waals surface area (Å²) in [6.45, 7) is 4.11. The van der Waals surface area contributed by atoms with Crippen molar-refractivity contribution in [3.05, 3.63) is 76.6 Å². The lowest BCUT2D eigenvalue weighted by atomic mass is 10.2. The summed E-state index contributed by atoms with van der Waals surface area (Å²) in [6.07, 6.45) is 3.00. The molecule has 0 unspecified atom stereocenters. The third kappa shape index (κ3) is 4.91. The fraction of sp³-hybridized carbons (Fsp3) is 0.250. The second-order valence-corrected chi connectivity index (χ2v) is 6.67. The summed E-state index contributed by atoms with van der Waals surface area (Å²) in [6, 6.07) is 14.3. The molecule has 0 bridgehead atoms. The summed E-state index contributed by atoms with van der Waals surface area (Å²) >= 11 is 6.03. The van der Waals surface area contributed by atoms with Gasteiger partial charge in [-0.05, 0) is 24.3 Å². The molecule has 2 aromatic rings. The maximum absolute atomic E-state index is 13.6. The van der Waals surface area contributed by atoms with Crippen molar-refractivity contribution in [1.82, 2.24) is 4.90 Å². The van der Waals surface area contributed by atoms with Gasteiger partial charge in [0, 0.05) is 22.2 Å². The normalized spacial score (nSPS) is 15.7. The lowest BCUT2D eigenvalue weighted by molar-refractivity contribution is -0.917. The Labute approximate surface area is 152 Å². The zero-order valence-electron chi connectivity index (χ0n) is 13.9. The van der Waals surface area contributed by atoms with Crippen molar-refractivity contribution in [3.8, 4) is 0 Å². The number of piperazine rings is 1. The number of carbonyl (C=O) groups is 1. The Morgan fingerprint density at radius 2 is 1.92 bits per heavy atom. The van der Waals surface area contributed by atoms with Crippen molar-refractivity contribution >= 4 is 23.6 Å². The van der Waals surface area contributed by atoms with Crippen LogP contribution in [0.1, 0.15) is 11.1 Å². The van der Waals surface area contributed by atoms with Gasteiger partial charge in [0.05, 0.1) is 26.2 Å². The fourth-order valence-electron chi connectivity index (χ4n) is 3.03. The molecule has 1 fully saturated rings. The lowest BCUT2D eigenvalue weighted by Gasteiger charge is -2.31. The molecule has 3 rings (SSSR count). The van der Waals surface area contributed by atoms with Crippen molar-refractivity contribution in [3.63, 3.8) is 0 Å². The average Bonchev–Trinajstić information content (AvgIpc) is 2.61. The van der Waals surface area contributed by atoms with Crippen LogP contribution in [0.25, 0.3) is 6.08 Å². The monoisotopic (exact) mass is 359 g/mol. The summed E-state index contributed by atoms with van der Waals surface area (Å²) < 4.78 is 13.6. The minimum Gasteiger partial charge on any atom is -0.328 e. The standard InChI is InChI=1S/C20H20ClFN2O/c21-18-6-3-4-16(14-18)15-23-10-12-24(13-11-23)20(25)9-8-17-5-1-2-7-19(17)22/h1-9,14H,10-13,15H2/p+1/b9-8+. The van der Waals surface area contributed by atoms with E-state index in [1.54, 1.807) is 24.3 Å². The molecule has 130 valence electrons. The molecule has 0 aliphatic carbocycles. The first-order valence-corrected chi connectivity index (χ1v) is 8.79. The summed E-state index contributed by atoms with van der Waals surface area (Å²) in [5.41, 5.74) is 1.64. The second kappa shape index (κ2) is 8.28. The van der Waals surface area contributed by atoms with E-state index in [1.165, 1.54) is 22.6 Å². The summed E-state index contributed by atoms with van der Waals surface area (Å²) in [5, 5.41) is 0.754. The topological polar surface area (TPSA) is 24.8 Å². The minimum atomic E-state index is -0.317. The number of hydrogen-bond donors (Lipinski definition) is 1. The number of halogens is 2. The smallest absolute Gasteiger partial charge is 0.246 e. The first kappa shape index (κ1) is 17.6. The Hall–Kier alpha value is -2.17. The van der Waals surface area contributed by atoms with Gasteiger partial charge in [-0.3, -0.25) is 4.79 Å². The van der Waals surface area contributed by atoms with Crippen molar-refractivity contribution in [2.75, 3.05) is 26.2 Å². The van der Waals surface area contributed by atoms with Gasteiger partial charge in [-0.25, -0.2) is 4.39 Å². The molecule has 3 nitrogen and oxygen atoms in total. The number of nitrogens with zero attached hydrogens (tertiary/aromatic N) is 1. The number of hydrogen-bond acceptors (Lipinski definition) is 1. The van der Waals surface area contributed by atoms with Crippen LogP contribution in [0, 0.1) is 5.82 Å². The lowest BCUT2D eigenvalue weighted by Crippen LogP contribution is -3.13. The SMILES string of the molecule is O=C(/C=C/c1ccccc1F)N1CC[NH+](Cc2cccc(Cl)c2)CC1. The van der Waals surface area contributed by atoms with E-state index >= 15 is 0 Å². The summed E-state index contributed by atoms with van der Waals surface area (Å²) in [5.74, 6) is -0.382. The van der Waals surface area contributed by atoms with Crippen LogP contribution in [0.15, 0.2) is 54.6 Å². The molecule has 5 heteroatoms. The van der Waals surface area contributed by atoms with Gasteiger partial charge >= 0.3 is 0 Å². The number of carbonyl (C=O) groups excluding carboxylic acids is 1. The molecule has 2 aromatic carbocycles. The molecule has 1 aliphatic heterocycles. The number of nitrogens with one attached hydrogen (secondary N) is 1. The second-order valence-electron chi connectivity index (χ2n) is 6.24. The molecule has 0 spiro atoms. The molecule has 0 radical (unpaired) electrons. The predicted molar refractivity (Wildman–Crippen MR) is 97.9 cm³/mol. The molecule has 0 atom stereocenters. The van der Waals surface area contributed by atoms with E-state index in [1.807, 2.05) is 23.1 Å². The first-order chi connectivity index (χ1) is 12.1. The molecule has 1 amide bonds. The van der Waals surface area contributed by atoms with Crippen LogP contribution >= 0.6 is 11.6 Å². The van der Waals surface area contributed by atoms with Crippen LogP contribution in [0.2, 0.25) is 5.02 Å². The van der Waals surface area contributed by atoms with E-state index in [2.05, 4.69) is 6.07 Å². The van der Waals surface area contributed by atoms with Crippen LogP contribution < -0.4 is 4.90 Å². The van der Waals surface area contributed by atoms with Crippen molar-refractivity contribution in [1.29, 1.82) is 0 Å². The average molecular weight is 360 g/mol. The highest BCUT2D eigenvalue weighted by atomic mass is 35.5. The van der Waals surface area contributed by atoms with Crippen LogP contribution in [-0.2, 0) is 11.3 Å². The maximum atomic E-state index is 13.6. The number of quaternary nitrogens is 1. The molecule has 0 aromatic heterocycles. The van der Waals surface area contributed by atoms with Crippen LogP contribution in [0.4, 0.5) is 4.39 Å². The van der Waals surface area contributed by atoms with Gasteiger partial charge in [0.1, 0.15) is 12.4 Å². The Kier molecular flexibility index (Phi) is 5.84. The summed E-state index contributed by atoms with van der Waals surface area (Å²) in [4.78, 5) is 15.5. The molecule has 1 heterocycles. The van der Waals surface area contributed by atoms with E-state index in [9.17, 15) is 9.18 Å². The predicted octanol–water partition coefficient (Wildman–Crippen LogP) is 2.42. The van der Waals surface area contributed by atoms with Gasteiger partial charge in [0.2, 0.25) is 5.91 Å². The van der Waals surface area contributed by atoms with Gasteiger partial charge in [-0.1, -0.05) is 41.9 Å². The van der Waals surface area contributed by atoms with Crippen LogP contribution in [0.5, 0.6) is 0 Å². The highest BCUT2D eigenvalue weighted by Gasteiger charge is 2.22. The zero-order chi connectivity index (χ0) is 17.6. The number of amides is 1. The quantitative estimate of drug-likeness (QED) is 0.833.